The van der Waals surface area contributed by atoms with E-state index in [-0.39, 0.29) is 0 Å². The molecular weight excluding hydrogens is 284 g/mol. The van der Waals surface area contributed by atoms with E-state index in [0.717, 1.165) is 17.0 Å². The molecule has 0 aromatic heterocycles. The molecule has 0 saturated carbocycles. The third kappa shape index (κ3) is 3.53. The van der Waals surface area contributed by atoms with Crippen molar-refractivity contribution in [1.82, 2.24) is 0 Å². The first-order valence-electron chi connectivity index (χ1n) is 8.30. The van der Waals surface area contributed by atoms with E-state index in [9.17, 15) is 4.79 Å². The van der Waals surface area contributed by atoms with Gasteiger partial charge in [0.25, 0.3) is 0 Å². The maximum absolute atomic E-state index is 10.9. The summed E-state index contributed by atoms with van der Waals surface area (Å²) >= 11 is 0. The van der Waals surface area contributed by atoms with Gasteiger partial charge < -0.3 is 5.11 Å². The number of allylic oxidation sites excluding steroid dienone is 2. The van der Waals surface area contributed by atoms with Crippen LogP contribution >= 0.6 is 0 Å². The van der Waals surface area contributed by atoms with E-state index in [0.29, 0.717) is 5.56 Å². The van der Waals surface area contributed by atoms with Crippen molar-refractivity contribution in [2.45, 2.75) is 32.6 Å². The van der Waals surface area contributed by atoms with Gasteiger partial charge in [-0.1, -0.05) is 55.8 Å². The molecule has 0 fully saturated rings. The lowest BCUT2D eigenvalue weighted by Crippen LogP contribution is -2.03. The summed E-state index contributed by atoms with van der Waals surface area (Å²) in [5.74, 6) is -0.0349. The highest BCUT2D eigenvalue weighted by Gasteiger charge is 2.13. The quantitative estimate of drug-likeness (QED) is 0.793. The summed E-state index contributed by atoms with van der Waals surface area (Å²) in [6.07, 6.45) is 7.33. The average molecular weight is 306 g/mol. The minimum absolute atomic E-state index is 0.322. The first-order chi connectivity index (χ1) is 11.2. The molecule has 0 radical (unpaired) electrons. The van der Waals surface area contributed by atoms with Gasteiger partial charge in [-0.05, 0) is 59.6 Å². The summed E-state index contributed by atoms with van der Waals surface area (Å²) < 4.78 is 0. The molecule has 2 heteroatoms. The summed E-state index contributed by atoms with van der Waals surface area (Å²) in [6, 6.07) is 15.6. The number of benzene rings is 2. The Hall–Kier alpha value is -2.35. The number of rotatable bonds is 4. The third-order valence-corrected chi connectivity index (χ3v) is 4.82. The van der Waals surface area contributed by atoms with Gasteiger partial charge in [0.2, 0.25) is 0 Å². The standard InChI is InChI=1S/C21H22O2/c1-2-15-3-5-16(6-4-15)17-7-9-18(10-8-17)19-11-13-20(14-12-19)21(22)23/h5,7-15H,2-4,6H2,1H3,(H,22,23). The molecule has 0 saturated heterocycles. The van der Waals surface area contributed by atoms with Gasteiger partial charge in [0.15, 0.2) is 0 Å². The zero-order valence-electron chi connectivity index (χ0n) is 13.5. The molecule has 1 aliphatic rings. The summed E-state index contributed by atoms with van der Waals surface area (Å²) in [5.41, 5.74) is 5.26. The predicted molar refractivity (Wildman–Crippen MR) is 94.4 cm³/mol. The first-order valence-corrected chi connectivity index (χ1v) is 8.30. The van der Waals surface area contributed by atoms with Crippen molar-refractivity contribution in [3.8, 4) is 11.1 Å². The topological polar surface area (TPSA) is 37.3 Å². The Labute approximate surface area is 137 Å². The van der Waals surface area contributed by atoms with Gasteiger partial charge in [-0.3, -0.25) is 0 Å². The zero-order chi connectivity index (χ0) is 16.2. The Morgan fingerprint density at radius 1 is 1.00 bits per heavy atom. The molecule has 1 N–H and O–H groups in total. The van der Waals surface area contributed by atoms with Crippen LogP contribution in [-0.2, 0) is 0 Å². The molecule has 118 valence electrons. The largest absolute Gasteiger partial charge is 0.478 e. The lowest BCUT2D eigenvalue weighted by atomic mass is 9.85. The lowest BCUT2D eigenvalue weighted by Gasteiger charge is -2.20. The van der Waals surface area contributed by atoms with Crippen LogP contribution in [-0.4, -0.2) is 11.1 Å². The van der Waals surface area contributed by atoms with E-state index in [1.807, 2.05) is 12.1 Å². The molecule has 1 aliphatic carbocycles. The van der Waals surface area contributed by atoms with Gasteiger partial charge >= 0.3 is 5.97 Å². The second-order valence-corrected chi connectivity index (χ2v) is 6.24. The second kappa shape index (κ2) is 6.82. The van der Waals surface area contributed by atoms with E-state index in [1.165, 1.54) is 36.8 Å². The summed E-state index contributed by atoms with van der Waals surface area (Å²) in [4.78, 5) is 10.9. The van der Waals surface area contributed by atoms with Crippen LogP contribution in [0, 0.1) is 5.92 Å². The average Bonchev–Trinajstić information content (AvgIpc) is 2.62. The Kier molecular flexibility index (Phi) is 4.61. The van der Waals surface area contributed by atoms with Gasteiger partial charge in [-0.25, -0.2) is 4.79 Å². The fourth-order valence-electron chi connectivity index (χ4n) is 3.20. The van der Waals surface area contributed by atoms with Gasteiger partial charge in [-0.2, -0.15) is 0 Å². The highest BCUT2D eigenvalue weighted by Crippen LogP contribution is 2.32. The van der Waals surface area contributed by atoms with Crippen molar-refractivity contribution in [2.24, 2.45) is 5.92 Å². The molecule has 0 amide bonds. The molecule has 0 bridgehead atoms. The maximum Gasteiger partial charge on any atom is 0.335 e. The van der Waals surface area contributed by atoms with Crippen molar-refractivity contribution < 1.29 is 9.90 Å². The van der Waals surface area contributed by atoms with E-state index in [2.05, 4.69) is 37.3 Å². The lowest BCUT2D eigenvalue weighted by molar-refractivity contribution is 0.0697. The van der Waals surface area contributed by atoms with Crippen LogP contribution in [0.2, 0.25) is 0 Å². The van der Waals surface area contributed by atoms with Crippen molar-refractivity contribution in [2.75, 3.05) is 0 Å². The van der Waals surface area contributed by atoms with Crippen LogP contribution in [0.4, 0.5) is 0 Å². The first kappa shape index (κ1) is 15.5. The molecule has 0 aliphatic heterocycles. The SMILES string of the molecule is CCC1CC=C(c2ccc(-c3ccc(C(=O)O)cc3)cc2)CC1. The minimum atomic E-state index is -0.887. The molecule has 1 unspecified atom stereocenters. The molecule has 0 spiro atoms. The minimum Gasteiger partial charge on any atom is -0.478 e. The van der Waals surface area contributed by atoms with Gasteiger partial charge in [0.1, 0.15) is 0 Å². The van der Waals surface area contributed by atoms with Crippen molar-refractivity contribution >= 4 is 11.5 Å². The van der Waals surface area contributed by atoms with E-state index in [4.69, 9.17) is 5.11 Å². The van der Waals surface area contributed by atoms with E-state index < -0.39 is 5.97 Å². The fourth-order valence-corrected chi connectivity index (χ4v) is 3.20. The highest BCUT2D eigenvalue weighted by molar-refractivity contribution is 5.88. The number of carboxylic acid groups (broad SMARTS) is 1. The normalized spacial score (nSPS) is 17.6. The Balaban J connectivity index is 1.77. The molecule has 2 aromatic rings. The van der Waals surface area contributed by atoms with Gasteiger partial charge in [-0.15, -0.1) is 0 Å². The Bertz CT molecular complexity index is 709. The number of hydrogen-bond donors (Lipinski definition) is 1. The molecular formula is C21H22O2. The monoisotopic (exact) mass is 306 g/mol. The van der Waals surface area contributed by atoms with Crippen molar-refractivity contribution in [3.05, 3.63) is 65.7 Å². The molecule has 23 heavy (non-hydrogen) atoms. The summed E-state index contributed by atoms with van der Waals surface area (Å²) in [7, 11) is 0. The number of aromatic carboxylic acids is 1. The summed E-state index contributed by atoms with van der Waals surface area (Å²) in [6.45, 7) is 2.27. The second-order valence-electron chi connectivity index (χ2n) is 6.24. The highest BCUT2D eigenvalue weighted by atomic mass is 16.4. The van der Waals surface area contributed by atoms with Crippen molar-refractivity contribution in [1.29, 1.82) is 0 Å². The number of carbonyl (C=O) groups is 1. The Morgan fingerprint density at radius 3 is 2.04 bits per heavy atom. The molecule has 0 heterocycles. The van der Waals surface area contributed by atoms with Crippen LogP contribution in [0.5, 0.6) is 0 Å². The van der Waals surface area contributed by atoms with Gasteiger partial charge in [0, 0.05) is 0 Å². The zero-order valence-corrected chi connectivity index (χ0v) is 13.5. The van der Waals surface area contributed by atoms with E-state index >= 15 is 0 Å². The van der Waals surface area contributed by atoms with E-state index in [1.54, 1.807) is 12.1 Å². The summed E-state index contributed by atoms with van der Waals surface area (Å²) in [5, 5.41) is 8.96. The van der Waals surface area contributed by atoms with Crippen LogP contribution in [0.15, 0.2) is 54.6 Å². The maximum atomic E-state index is 10.9. The Morgan fingerprint density at radius 2 is 1.57 bits per heavy atom. The van der Waals surface area contributed by atoms with Crippen LogP contribution in [0.1, 0.15) is 48.5 Å². The molecule has 3 rings (SSSR count). The van der Waals surface area contributed by atoms with Crippen LogP contribution in [0.25, 0.3) is 16.7 Å². The molecule has 2 aromatic carbocycles. The van der Waals surface area contributed by atoms with Crippen LogP contribution in [0.3, 0.4) is 0 Å². The van der Waals surface area contributed by atoms with Crippen LogP contribution < -0.4 is 0 Å². The third-order valence-electron chi connectivity index (χ3n) is 4.82. The molecule has 2 nitrogen and oxygen atoms in total. The molecule has 1 atom stereocenters. The fraction of sp³-hybridized carbons (Fsp3) is 0.286. The van der Waals surface area contributed by atoms with Crippen molar-refractivity contribution in [3.63, 3.8) is 0 Å². The number of carboxylic acids is 1. The predicted octanol–water partition coefficient (Wildman–Crippen LogP) is 5.65. The smallest absolute Gasteiger partial charge is 0.335 e. The number of hydrogen-bond acceptors (Lipinski definition) is 1. The van der Waals surface area contributed by atoms with Gasteiger partial charge in [0.05, 0.1) is 5.56 Å².